The minimum Gasteiger partial charge on any atom is -0.477 e. The Labute approximate surface area is 156 Å². The minimum atomic E-state index is -0.612. The molecule has 0 saturated carbocycles. The van der Waals surface area contributed by atoms with E-state index >= 15 is 0 Å². The molecule has 3 aromatic rings. The van der Waals surface area contributed by atoms with Crippen LogP contribution >= 0.6 is 0 Å². The molecule has 1 N–H and O–H groups in total. The maximum atomic E-state index is 12.2. The first kappa shape index (κ1) is 17.1. The smallest absolute Gasteiger partial charge is 0.336 e. The van der Waals surface area contributed by atoms with Crippen molar-refractivity contribution < 1.29 is 13.9 Å². The van der Waals surface area contributed by atoms with Crippen LogP contribution in [0, 0.1) is 6.92 Å². The van der Waals surface area contributed by atoms with Gasteiger partial charge in [0, 0.05) is 25.0 Å². The molecule has 0 spiro atoms. The van der Waals surface area contributed by atoms with Crippen LogP contribution in [0.2, 0.25) is 0 Å². The summed E-state index contributed by atoms with van der Waals surface area (Å²) >= 11 is 0. The molecule has 1 amide bonds. The molecule has 27 heavy (non-hydrogen) atoms. The van der Waals surface area contributed by atoms with Gasteiger partial charge in [0.15, 0.2) is 6.10 Å². The quantitative estimate of drug-likeness (QED) is 0.724. The average molecular weight is 364 g/mol. The summed E-state index contributed by atoms with van der Waals surface area (Å²) in [6, 6.07) is 14.9. The zero-order chi connectivity index (χ0) is 19.0. The highest BCUT2D eigenvalue weighted by molar-refractivity contribution is 5.84. The summed E-state index contributed by atoms with van der Waals surface area (Å²) in [4.78, 5) is 26.3. The Balaban J connectivity index is 1.76. The van der Waals surface area contributed by atoms with Crippen LogP contribution in [-0.4, -0.2) is 25.6 Å². The van der Waals surface area contributed by atoms with Crippen molar-refractivity contribution in [2.45, 2.75) is 19.6 Å². The van der Waals surface area contributed by atoms with Gasteiger partial charge in [-0.25, -0.2) is 4.79 Å². The predicted molar refractivity (Wildman–Crippen MR) is 103 cm³/mol. The first-order valence-electron chi connectivity index (χ1n) is 8.81. The van der Waals surface area contributed by atoms with Gasteiger partial charge in [0.05, 0.1) is 12.2 Å². The average Bonchev–Trinajstić information content (AvgIpc) is 2.66. The van der Waals surface area contributed by atoms with Crippen molar-refractivity contribution in [3.8, 4) is 5.75 Å². The summed E-state index contributed by atoms with van der Waals surface area (Å²) in [7, 11) is 1.59. The number of hydrogen-bond donors (Lipinski definition) is 1. The molecule has 0 radical (unpaired) electrons. The van der Waals surface area contributed by atoms with Crippen molar-refractivity contribution in [1.29, 1.82) is 0 Å². The van der Waals surface area contributed by atoms with Gasteiger partial charge in [-0.3, -0.25) is 4.79 Å². The van der Waals surface area contributed by atoms with Crippen molar-refractivity contribution >= 4 is 22.6 Å². The molecule has 0 aliphatic carbocycles. The Bertz CT molecular complexity index is 1070. The van der Waals surface area contributed by atoms with Crippen LogP contribution < -0.4 is 20.6 Å². The molecule has 6 nitrogen and oxygen atoms in total. The van der Waals surface area contributed by atoms with Gasteiger partial charge in [-0.1, -0.05) is 24.3 Å². The summed E-state index contributed by atoms with van der Waals surface area (Å²) in [5.74, 6) is 0.475. The van der Waals surface area contributed by atoms with Crippen LogP contribution in [0.1, 0.15) is 11.1 Å². The molecular formula is C21H20N2O4. The normalized spacial score (nSPS) is 15.9. The number of anilines is 1. The molecule has 6 heteroatoms. The van der Waals surface area contributed by atoms with E-state index in [0.717, 1.165) is 22.2 Å². The van der Waals surface area contributed by atoms with E-state index in [1.165, 1.54) is 6.07 Å². The maximum absolute atomic E-state index is 12.2. The number of nitrogens with one attached hydrogen (secondary N) is 1. The van der Waals surface area contributed by atoms with Crippen LogP contribution in [0.25, 0.3) is 11.0 Å². The molecule has 0 fully saturated rings. The summed E-state index contributed by atoms with van der Waals surface area (Å²) in [6.07, 6.45) is -0.612. The van der Waals surface area contributed by atoms with Crippen LogP contribution in [-0.2, 0) is 11.3 Å². The minimum absolute atomic E-state index is 0.178. The maximum Gasteiger partial charge on any atom is 0.336 e. The number of likely N-dealkylation sites (N-methyl/N-ethyl adjacent to an activating group) is 1. The third-order valence-corrected chi connectivity index (χ3v) is 4.75. The standard InChI is InChI=1S/C21H20N2O4/c1-13-7-8-15-14(10-20(24)27-18(15)9-13)11-23-12-19(21(25)22-2)26-17-6-4-3-5-16(17)23/h3-10,19H,11-12H2,1-2H3,(H,22,25)/t19-/m0/s1. The second-order valence-corrected chi connectivity index (χ2v) is 6.66. The van der Waals surface area contributed by atoms with Gasteiger partial charge in [0.25, 0.3) is 5.91 Å². The number of aryl methyl sites for hydroxylation is 1. The van der Waals surface area contributed by atoms with Crippen molar-refractivity contribution in [3.63, 3.8) is 0 Å². The second kappa shape index (κ2) is 6.79. The molecule has 1 aromatic heterocycles. The van der Waals surface area contributed by atoms with Crippen LogP contribution in [0.4, 0.5) is 5.69 Å². The summed E-state index contributed by atoms with van der Waals surface area (Å²) in [5.41, 5.74) is 2.97. The fourth-order valence-corrected chi connectivity index (χ4v) is 3.43. The summed E-state index contributed by atoms with van der Waals surface area (Å²) in [6.45, 7) is 2.82. The topological polar surface area (TPSA) is 71.8 Å². The van der Waals surface area contributed by atoms with Gasteiger partial charge in [-0.05, 0) is 36.2 Å². The van der Waals surface area contributed by atoms with Gasteiger partial charge in [0.2, 0.25) is 0 Å². The third-order valence-electron chi connectivity index (χ3n) is 4.75. The molecule has 1 atom stereocenters. The SMILES string of the molecule is CNC(=O)[C@@H]1CN(Cc2cc(=O)oc3cc(C)ccc23)c2ccccc2O1. The van der Waals surface area contributed by atoms with Crippen LogP contribution in [0.5, 0.6) is 5.75 Å². The second-order valence-electron chi connectivity index (χ2n) is 6.66. The van der Waals surface area contributed by atoms with Gasteiger partial charge >= 0.3 is 5.63 Å². The lowest BCUT2D eigenvalue weighted by Crippen LogP contribution is -2.48. The van der Waals surface area contributed by atoms with E-state index in [1.807, 2.05) is 49.4 Å². The van der Waals surface area contributed by atoms with E-state index < -0.39 is 6.10 Å². The number of rotatable bonds is 3. The van der Waals surface area contributed by atoms with Crippen molar-refractivity contribution in [1.82, 2.24) is 5.32 Å². The van der Waals surface area contributed by atoms with Gasteiger partial charge in [-0.15, -0.1) is 0 Å². The first-order valence-corrected chi connectivity index (χ1v) is 8.81. The lowest BCUT2D eigenvalue weighted by atomic mass is 10.1. The number of hydrogen-bond acceptors (Lipinski definition) is 5. The van der Waals surface area contributed by atoms with E-state index in [-0.39, 0.29) is 11.5 Å². The van der Waals surface area contributed by atoms with Gasteiger partial charge < -0.3 is 19.4 Å². The van der Waals surface area contributed by atoms with E-state index in [0.29, 0.717) is 24.4 Å². The van der Waals surface area contributed by atoms with E-state index in [2.05, 4.69) is 10.2 Å². The molecule has 1 aliphatic rings. The number of fused-ring (bicyclic) bond motifs is 2. The number of amides is 1. The molecular weight excluding hydrogens is 344 g/mol. The Morgan fingerprint density at radius 3 is 2.85 bits per heavy atom. The third kappa shape index (κ3) is 3.26. The first-order chi connectivity index (χ1) is 13.0. The number of benzene rings is 2. The fourth-order valence-electron chi connectivity index (χ4n) is 3.43. The fraction of sp³-hybridized carbons (Fsp3) is 0.238. The number of ether oxygens (including phenoxy) is 1. The molecule has 4 rings (SSSR count). The van der Waals surface area contributed by atoms with E-state index in [1.54, 1.807) is 7.05 Å². The predicted octanol–water partition coefficient (Wildman–Crippen LogP) is 2.62. The van der Waals surface area contributed by atoms with Crippen LogP contribution in [0.3, 0.4) is 0 Å². The van der Waals surface area contributed by atoms with Gasteiger partial charge in [0.1, 0.15) is 11.3 Å². The van der Waals surface area contributed by atoms with Crippen molar-refractivity contribution in [2.24, 2.45) is 0 Å². The summed E-state index contributed by atoms with van der Waals surface area (Å²) in [5, 5.41) is 3.53. The zero-order valence-corrected chi connectivity index (χ0v) is 15.2. The Hall–Kier alpha value is -3.28. The number of carbonyl (C=O) groups is 1. The monoisotopic (exact) mass is 364 g/mol. The van der Waals surface area contributed by atoms with Crippen molar-refractivity contribution in [3.05, 3.63) is 70.1 Å². The molecule has 2 aromatic carbocycles. The highest BCUT2D eigenvalue weighted by Crippen LogP contribution is 2.34. The molecule has 0 saturated heterocycles. The molecule has 1 aliphatic heterocycles. The highest BCUT2D eigenvalue weighted by Gasteiger charge is 2.30. The molecule has 0 unspecified atom stereocenters. The number of carbonyl (C=O) groups excluding carboxylic acids is 1. The highest BCUT2D eigenvalue weighted by atomic mass is 16.5. The lowest BCUT2D eigenvalue weighted by molar-refractivity contribution is -0.127. The zero-order valence-electron chi connectivity index (χ0n) is 15.2. The van der Waals surface area contributed by atoms with Crippen molar-refractivity contribution in [2.75, 3.05) is 18.5 Å². The van der Waals surface area contributed by atoms with E-state index in [4.69, 9.17) is 9.15 Å². The number of para-hydroxylation sites is 2. The lowest BCUT2D eigenvalue weighted by Gasteiger charge is -2.35. The largest absolute Gasteiger partial charge is 0.477 e. The summed E-state index contributed by atoms with van der Waals surface area (Å²) < 4.78 is 11.2. The molecule has 0 bridgehead atoms. The Morgan fingerprint density at radius 1 is 1.22 bits per heavy atom. The Morgan fingerprint density at radius 2 is 2.04 bits per heavy atom. The van der Waals surface area contributed by atoms with Gasteiger partial charge in [-0.2, -0.15) is 0 Å². The molecule has 138 valence electrons. The van der Waals surface area contributed by atoms with E-state index in [9.17, 15) is 9.59 Å². The number of nitrogens with zero attached hydrogens (tertiary/aromatic N) is 1. The van der Waals surface area contributed by atoms with Crippen LogP contribution in [0.15, 0.2) is 57.7 Å². The Kier molecular flexibility index (Phi) is 4.32. The molecule has 2 heterocycles.